The first-order valence-corrected chi connectivity index (χ1v) is 9.51. The molecule has 0 aliphatic heterocycles. The van der Waals surface area contributed by atoms with Crippen molar-refractivity contribution < 1.29 is 0 Å². The lowest BCUT2D eigenvalue weighted by Gasteiger charge is -2.21. The van der Waals surface area contributed by atoms with Crippen molar-refractivity contribution in [1.29, 1.82) is 0 Å². The lowest BCUT2D eigenvalue weighted by atomic mass is 10.1. The van der Waals surface area contributed by atoms with E-state index in [1.165, 1.54) is 10.2 Å². The van der Waals surface area contributed by atoms with Gasteiger partial charge in [0.05, 0.1) is 21.9 Å². The van der Waals surface area contributed by atoms with Crippen LogP contribution < -0.4 is 10.5 Å². The molecule has 0 radical (unpaired) electrons. The molecule has 134 valence electrons. The third kappa shape index (κ3) is 3.95. The highest BCUT2D eigenvalue weighted by atomic mass is 79.9. The van der Waals surface area contributed by atoms with Gasteiger partial charge in [-0.25, -0.2) is 0 Å². The molecular formula is C19H16BrCl2N3O. The van der Waals surface area contributed by atoms with Crippen LogP contribution in [0.25, 0.3) is 5.69 Å². The lowest BCUT2D eigenvalue weighted by molar-refractivity contribution is 0.784. The number of halogens is 3. The van der Waals surface area contributed by atoms with Gasteiger partial charge in [-0.15, -0.1) is 0 Å². The van der Waals surface area contributed by atoms with Crippen LogP contribution in [0, 0.1) is 0 Å². The Bertz CT molecular complexity index is 956. The van der Waals surface area contributed by atoms with Crippen LogP contribution >= 0.6 is 39.1 Å². The summed E-state index contributed by atoms with van der Waals surface area (Å²) in [6.07, 6.45) is 2.50. The van der Waals surface area contributed by atoms with Crippen molar-refractivity contribution in [2.45, 2.75) is 6.42 Å². The molecule has 0 amide bonds. The molecule has 0 aliphatic rings. The number of aromatic nitrogens is 2. The summed E-state index contributed by atoms with van der Waals surface area (Å²) in [5, 5.41) is 5.00. The number of para-hydroxylation sites is 1. The molecule has 2 aromatic carbocycles. The van der Waals surface area contributed by atoms with Gasteiger partial charge in [0.25, 0.3) is 5.56 Å². The van der Waals surface area contributed by atoms with E-state index in [-0.39, 0.29) is 5.56 Å². The van der Waals surface area contributed by atoms with E-state index < -0.39 is 0 Å². The van der Waals surface area contributed by atoms with Crippen LogP contribution in [0.1, 0.15) is 5.56 Å². The van der Waals surface area contributed by atoms with Crippen LogP contribution in [0.4, 0.5) is 5.69 Å². The smallest absolute Gasteiger partial charge is 0.288 e. The second-order valence-electron chi connectivity index (χ2n) is 5.79. The fraction of sp³-hybridized carbons (Fsp3) is 0.158. The van der Waals surface area contributed by atoms with Gasteiger partial charge >= 0.3 is 0 Å². The third-order valence-electron chi connectivity index (χ3n) is 4.04. The van der Waals surface area contributed by atoms with Crippen molar-refractivity contribution in [2.24, 2.45) is 0 Å². The molecule has 0 atom stereocenters. The number of likely N-dealkylation sites (N-methyl/N-ethyl adjacent to an activating group) is 1. The molecule has 1 heterocycles. The molecule has 3 rings (SSSR count). The molecule has 0 aliphatic carbocycles. The first-order valence-electron chi connectivity index (χ1n) is 7.96. The molecule has 0 spiro atoms. The van der Waals surface area contributed by atoms with Gasteiger partial charge in [0.15, 0.2) is 0 Å². The van der Waals surface area contributed by atoms with Gasteiger partial charge in [-0.3, -0.25) is 4.79 Å². The molecule has 0 fully saturated rings. The molecule has 0 saturated heterocycles. The van der Waals surface area contributed by atoms with E-state index in [9.17, 15) is 4.79 Å². The Morgan fingerprint density at radius 1 is 1.08 bits per heavy atom. The normalized spacial score (nSPS) is 10.8. The average molecular weight is 453 g/mol. The zero-order chi connectivity index (χ0) is 18.7. The Hall–Kier alpha value is -1.82. The second kappa shape index (κ2) is 8.25. The molecule has 4 nitrogen and oxygen atoms in total. The molecular weight excluding hydrogens is 437 g/mol. The van der Waals surface area contributed by atoms with Gasteiger partial charge in [-0.2, -0.15) is 9.78 Å². The highest BCUT2D eigenvalue weighted by molar-refractivity contribution is 9.10. The molecule has 0 saturated carbocycles. The lowest BCUT2D eigenvalue weighted by Crippen LogP contribution is -2.28. The summed E-state index contributed by atoms with van der Waals surface area (Å²) in [4.78, 5) is 14.8. The Labute approximate surface area is 170 Å². The van der Waals surface area contributed by atoms with Crippen LogP contribution in [0.2, 0.25) is 10.0 Å². The molecule has 1 aromatic heterocycles. The first kappa shape index (κ1) is 19.0. The Balaban J connectivity index is 1.89. The van der Waals surface area contributed by atoms with E-state index in [1.807, 2.05) is 30.1 Å². The minimum atomic E-state index is -0.316. The summed E-state index contributed by atoms with van der Waals surface area (Å²) in [7, 11) is 1.93. The van der Waals surface area contributed by atoms with Crippen molar-refractivity contribution in [1.82, 2.24) is 9.78 Å². The quantitative estimate of drug-likeness (QED) is 0.547. The minimum Gasteiger partial charge on any atom is -0.372 e. The number of anilines is 1. The molecule has 26 heavy (non-hydrogen) atoms. The maximum atomic E-state index is 12.8. The molecule has 0 bridgehead atoms. The van der Waals surface area contributed by atoms with E-state index in [0.717, 1.165) is 13.0 Å². The van der Waals surface area contributed by atoms with Crippen molar-refractivity contribution >= 4 is 44.8 Å². The maximum absolute atomic E-state index is 12.8. The zero-order valence-corrected chi connectivity index (χ0v) is 17.1. The van der Waals surface area contributed by atoms with Gasteiger partial charge in [0.1, 0.15) is 10.2 Å². The van der Waals surface area contributed by atoms with Crippen molar-refractivity contribution in [3.8, 4) is 5.69 Å². The van der Waals surface area contributed by atoms with Crippen LogP contribution in [0.5, 0.6) is 0 Å². The maximum Gasteiger partial charge on any atom is 0.288 e. The van der Waals surface area contributed by atoms with Crippen molar-refractivity contribution in [3.05, 3.63) is 85.2 Å². The SMILES string of the molecule is CN(CCc1ccccc1)c1cnn(-c2c(Cl)cccc2Cl)c(=O)c1Br. The van der Waals surface area contributed by atoms with Gasteiger partial charge in [-0.05, 0) is 40.0 Å². The second-order valence-corrected chi connectivity index (χ2v) is 7.40. The predicted molar refractivity (Wildman–Crippen MR) is 111 cm³/mol. The summed E-state index contributed by atoms with van der Waals surface area (Å²) in [6, 6.07) is 15.3. The number of rotatable bonds is 5. The van der Waals surface area contributed by atoms with Gasteiger partial charge in [0.2, 0.25) is 0 Å². The third-order valence-corrected chi connectivity index (χ3v) is 5.40. The number of nitrogens with zero attached hydrogens (tertiary/aromatic N) is 3. The largest absolute Gasteiger partial charge is 0.372 e. The summed E-state index contributed by atoms with van der Waals surface area (Å²) in [5.74, 6) is 0. The van der Waals surface area contributed by atoms with Crippen LogP contribution in [-0.4, -0.2) is 23.4 Å². The first-order chi connectivity index (χ1) is 12.5. The Morgan fingerprint density at radius 3 is 2.38 bits per heavy atom. The van der Waals surface area contributed by atoms with Crippen LogP contribution in [-0.2, 0) is 6.42 Å². The average Bonchev–Trinajstić information content (AvgIpc) is 2.64. The predicted octanol–water partition coefficient (Wildman–Crippen LogP) is 4.98. The zero-order valence-electron chi connectivity index (χ0n) is 14.0. The molecule has 7 heteroatoms. The number of hydrogen-bond donors (Lipinski definition) is 0. The minimum absolute atomic E-state index is 0.316. The molecule has 3 aromatic rings. The number of benzene rings is 2. The summed E-state index contributed by atoms with van der Waals surface area (Å²) >= 11 is 15.8. The summed E-state index contributed by atoms with van der Waals surface area (Å²) in [6.45, 7) is 0.751. The monoisotopic (exact) mass is 451 g/mol. The van der Waals surface area contributed by atoms with Gasteiger partial charge in [-0.1, -0.05) is 59.6 Å². The fourth-order valence-corrected chi connectivity index (χ4v) is 3.73. The van der Waals surface area contributed by atoms with E-state index >= 15 is 0 Å². The molecule has 0 N–H and O–H groups in total. The van der Waals surface area contributed by atoms with Gasteiger partial charge in [0, 0.05) is 13.6 Å². The highest BCUT2D eigenvalue weighted by Crippen LogP contribution is 2.28. The van der Waals surface area contributed by atoms with E-state index in [4.69, 9.17) is 23.2 Å². The Morgan fingerprint density at radius 2 is 1.73 bits per heavy atom. The van der Waals surface area contributed by atoms with E-state index in [2.05, 4.69) is 33.2 Å². The fourth-order valence-electron chi connectivity index (χ4n) is 2.60. The Kier molecular flexibility index (Phi) is 6.01. The van der Waals surface area contributed by atoms with E-state index in [0.29, 0.717) is 25.9 Å². The molecule has 0 unspecified atom stereocenters. The van der Waals surface area contributed by atoms with E-state index in [1.54, 1.807) is 24.4 Å². The standard InChI is InChI=1S/C19H16BrCl2N3O/c1-24(11-10-13-6-3-2-4-7-13)16-12-23-25(19(26)17(16)20)18-14(21)8-5-9-15(18)22/h2-9,12H,10-11H2,1H3. The summed E-state index contributed by atoms with van der Waals surface area (Å²) in [5.41, 5.74) is 2.01. The topological polar surface area (TPSA) is 38.1 Å². The number of hydrogen-bond acceptors (Lipinski definition) is 3. The van der Waals surface area contributed by atoms with Crippen LogP contribution in [0.15, 0.2) is 64.0 Å². The van der Waals surface area contributed by atoms with Crippen LogP contribution in [0.3, 0.4) is 0 Å². The van der Waals surface area contributed by atoms with Gasteiger partial charge < -0.3 is 4.90 Å². The summed E-state index contributed by atoms with van der Waals surface area (Å²) < 4.78 is 1.63. The van der Waals surface area contributed by atoms with Crippen molar-refractivity contribution in [2.75, 3.05) is 18.5 Å². The van der Waals surface area contributed by atoms with Crippen molar-refractivity contribution in [3.63, 3.8) is 0 Å². The highest BCUT2D eigenvalue weighted by Gasteiger charge is 2.17.